The van der Waals surface area contributed by atoms with E-state index in [1.165, 1.54) is 6.07 Å². The van der Waals surface area contributed by atoms with Crippen LogP contribution in [0.2, 0.25) is 0 Å². The lowest BCUT2D eigenvalue weighted by Gasteiger charge is -2.18. The van der Waals surface area contributed by atoms with Gasteiger partial charge >= 0.3 is 5.97 Å². The van der Waals surface area contributed by atoms with E-state index in [0.717, 1.165) is 11.3 Å². The number of carboxylic acid groups (broad SMARTS) is 1. The molecule has 0 saturated heterocycles. The van der Waals surface area contributed by atoms with Gasteiger partial charge in [0.1, 0.15) is 11.6 Å². The van der Waals surface area contributed by atoms with Crippen LogP contribution in [0.5, 0.6) is 5.75 Å². The van der Waals surface area contributed by atoms with E-state index in [1.54, 1.807) is 12.1 Å². The molecule has 2 aromatic rings. The molecular formula is C16H18N2O3. The average molecular weight is 286 g/mol. The third kappa shape index (κ3) is 3.72. The largest absolute Gasteiger partial charge is 0.494 e. The van der Waals surface area contributed by atoms with Crippen molar-refractivity contribution >= 4 is 11.8 Å². The second kappa shape index (κ2) is 6.74. The zero-order valence-corrected chi connectivity index (χ0v) is 12.0. The highest BCUT2D eigenvalue weighted by Crippen LogP contribution is 2.27. The van der Waals surface area contributed by atoms with Crippen LogP contribution >= 0.6 is 0 Å². The molecule has 1 unspecified atom stereocenters. The number of aromatic nitrogens is 1. The fourth-order valence-electron chi connectivity index (χ4n) is 2.06. The van der Waals surface area contributed by atoms with Gasteiger partial charge < -0.3 is 15.2 Å². The fourth-order valence-corrected chi connectivity index (χ4v) is 2.06. The van der Waals surface area contributed by atoms with Crippen LogP contribution in [0.25, 0.3) is 0 Å². The smallest absolute Gasteiger partial charge is 0.354 e. The van der Waals surface area contributed by atoms with Gasteiger partial charge in [-0.05, 0) is 32.0 Å². The van der Waals surface area contributed by atoms with Gasteiger partial charge in [-0.2, -0.15) is 0 Å². The second-order valence-corrected chi connectivity index (χ2v) is 4.55. The lowest BCUT2D eigenvalue weighted by Crippen LogP contribution is -2.11. The Labute approximate surface area is 123 Å². The predicted octanol–water partition coefficient (Wildman–Crippen LogP) is 3.35. The van der Waals surface area contributed by atoms with Crippen molar-refractivity contribution in [2.45, 2.75) is 19.9 Å². The minimum Gasteiger partial charge on any atom is -0.494 e. The molecule has 1 heterocycles. The molecule has 0 radical (unpaired) electrons. The summed E-state index contributed by atoms with van der Waals surface area (Å²) in [6, 6.07) is 12.6. The van der Waals surface area contributed by atoms with Crippen molar-refractivity contribution in [3.05, 3.63) is 53.7 Å². The maximum Gasteiger partial charge on any atom is 0.354 e. The van der Waals surface area contributed by atoms with Crippen LogP contribution in [0.1, 0.15) is 35.9 Å². The van der Waals surface area contributed by atoms with Crippen molar-refractivity contribution in [1.82, 2.24) is 4.98 Å². The summed E-state index contributed by atoms with van der Waals surface area (Å²) in [4.78, 5) is 15.0. The van der Waals surface area contributed by atoms with Gasteiger partial charge in [-0.15, -0.1) is 0 Å². The van der Waals surface area contributed by atoms with Crippen LogP contribution in [0, 0.1) is 0 Å². The molecule has 1 aromatic heterocycles. The molecule has 0 saturated carbocycles. The van der Waals surface area contributed by atoms with Crippen molar-refractivity contribution in [3.63, 3.8) is 0 Å². The number of anilines is 1. The summed E-state index contributed by atoms with van der Waals surface area (Å²) >= 11 is 0. The minimum atomic E-state index is -1.04. The van der Waals surface area contributed by atoms with Gasteiger partial charge in [0.15, 0.2) is 5.69 Å². The first-order chi connectivity index (χ1) is 10.1. The van der Waals surface area contributed by atoms with Crippen LogP contribution in [0.3, 0.4) is 0 Å². The van der Waals surface area contributed by atoms with E-state index in [-0.39, 0.29) is 11.7 Å². The number of rotatable bonds is 6. The molecule has 2 N–H and O–H groups in total. The van der Waals surface area contributed by atoms with Crippen LogP contribution < -0.4 is 10.1 Å². The lowest BCUT2D eigenvalue weighted by atomic mass is 10.1. The molecule has 0 spiro atoms. The summed E-state index contributed by atoms with van der Waals surface area (Å²) in [6.45, 7) is 4.51. The molecule has 2 rings (SSSR count). The molecule has 110 valence electrons. The molecule has 5 nitrogen and oxygen atoms in total. The van der Waals surface area contributed by atoms with Gasteiger partial charge in [0.2, 0.25) is 0 Å². The summed E-state index contributed by atoms with van der Waals surface area (Å²) in [5.74, 6) is 0.295. The van der Waals surface area contributed by atoms with E-state index in [2.05, 4.69) is 10.3 Å². The van der Waals surface area contributed by atoms with E-state index in [9.17, 15) is 4.79 Å². The Kier molecular flexibility index (Phi) is 4.77. The number of hydrogen-bond acceptors (Lipinski definition) is 4. The zero-order valence-electron chi connectivity index (χ0n) is 12.0. The molecule has 0 aliphatic rings. The van der Waals surface area contributed by atoms with Gasteiger partial charge in [0.05, 0.1) is 12.6 Å². The van der Waals surface area contributed by atoms with Crippen molar-refractivity contribution in [2.24, 2.45) is 0 Å². The van der Waals surface area contributed by atoms with Gasteiger partial charge in [-0.3, -0.25) is 0 Å². The van der Waals surface area contributed by atoms with E-state index < -0.39 is 5.97 Å². The molecule has 0 amide bonds. The van der Waals surface area contributed by atoms with E-state index in [0.29, 0.717) is 12.4 Å². The summed E-state index contributed by atoms with van der Waals surface area (Å²) in [6.07, 6.45) is 0. The molecular weight excluding hydrogens is 268 g/mol. The van der Waals surface area contributed by atoms with E-state index >= 15 is 0 Å². The number of carbonyl (C=O) groups is 1. The Hall–Kier alpha value is -2.56. The van der Waals surface area contributed by atoms with Crippen molar-refractivity contribution in [3.8, 4) is 5.75 Å². The highest BCUT2D eigenvalue weighted by Gasteiger charge is 2.12. The SMILES string of the molecule is CCOc1ccccc1C(C)Nc1cccc(C(=O)O)n1. The Morgan fingerprint density at radius 2 is 2.05 bits per heavy atom. The third-order valence-corrected chi connectivity index (χ3v) is 3.02. The first-order valence-electron chi connectivity index (χ1n) is 6.80. The molecule has 0 bridgehead atoms. The van der Waals surface area contributed by atoms with Gasteiger partial charge in [0, 0.05) is 5.56 Å². The zero-order chi connectivity index (χ0) is 15.2. The monoisotopic (exact) mass is 286 g/mol. The molecule has 5 heteroatoms. The summed E-state index contributed by atoms with van der Waals surface area (Å²) in [5.41, 5.74) is 1.02. The average Bonchev–Trinajstić information content (AvgIpc) is 2.48. The molecule has 21 heavy (non-hydrogen) atoms. The van der Waals surface area contributed by atoms with Crippen LogP contribution in [-0.2, 0) is 0 Å². The Morgan fingerprint density at radius 3 is 2.76 bits per heavy atom. The Bertz CT molecular complexity index is 628. The summed E-state index contributed by atoms with van der Waals surface area (Å²) in [7, 11) is 0. The van der Waals surface area contributed by atoms with E-state index in [4.69, 9.17) is 9.84 Å². The topological polar surface area (TPSA) is 71.5 Å². The normalized spacial score (nSPS) is 11.7. The third-order valence-electron chi connectivity index (χ3n) is 3.02. The lowest BCUT2D eigenvalue weighted by molar-refractivity contribution is 0.0690. The van der Waals surface area contributed by atoms with Crippen LogP contribution in [0.4, 0.5) is 5.82 Å². The molecule has 0 fully saturated rings. The van der Waals surface area contributed by atoms with Gasteiger partial charge in [-0.25, -0.2) is 9.78 Å². The molecule has 1 aromatic carbocycles. The molecule has 0 aliphatic carbocycles. The fraction of sp³-hybridized carbons (Fsp3) is 0.250. The predicted molar refractivity (Wildman–Crippen MR) is 80.8 cm³/mol. The maximum atomic E-state index is 10.9. The maximum absolute atomic E-state index is 10.9. The number of nitrogens with zero attached hydrogens (tertiary/aromatic N) is 1. The number of nitrogens with one attached hydrogen (secondary N) is 1. The molecule has 0 aliphatic heterocycles. The number of ether oxygens (including phenoxy) is 1. The van der Waals surface area contributed by atoms with E-state index in [1.807, 2.05) is 38.1 Å². The Morgan fingerprint density at radius 1 is 1.29 bits per heavy atom. The highest BCUT2D eigenvalue weighted by atomic mass is 16.5. The number of benzene rings is 1. The second-order valence-electron chi connectivity index (χ2n) is 4.55. The molecule has 1 atom stereocenters. The summed E-state index contributed by atoms with van der Waals surface area (Å²) < 4.78 is 5.60. The van der Waals surface area contributed by atoms with Gasteiger partial charge in [0.25, 0.3) is 0 Å². The number of hydrogen-bond donors (Lipinski definition) is 2. The van der Waals surface area contributed by atoms with Crippen LogP contribution in [-0.4, -0.2) is 22.7 Å². The van der Waals surface area contributed by atoms with Gasteiger partial charge in [-0.1, -0.05) is 24.3 Å². The first kappa shape index (κ1) is 14.8. The standard InChI is InChI=1S/C16H18N2O3/c1-3-21-14-9-5-4-7-12(14)11(2)17-15-10-6-8-13(18-15)16(19)20/h4-11H,3H2,1-2H3,(H,17,18)(H,19,20). The highest BCUT2D eigenvalue weighted by molar-refractivity contribution is 5.85. The quantitative estimate of drug-likeness (QED) is 0.852. The van der Waals surface area contributed by atoms with Crippen molar-refractivity contribution < 1.29 is 14.6 Å². The Balaban J connectivity index is 2.20. The number of para-hydroxylation sites is 1. The number of carboxylic acids is 1. The first-order valence-corrected chi connectivity index (χ1v) is 6.80. The minimum absolute atomic E-state index is 0.0188. The van der Waals surface area contributed by atoms with Crippen molar-refractivity contribution in [2.75, 3.05) is 11.9 Å². The summed E-state index contributed by atoms with van der Waals surface area (Å²) in [5, 5.41) is 12.2. The van der Waals surface area contributed by atoms with Crippen molar-refractivity contribution in [1.29, 1.82) is 0 Å². The number of aromatic carboxylic acids is 1. The van der Waals surface area contributed by atoms with Crippen LogP contribution in [0.15, 0.2) is 42.5 Å². The number of pyridine rings is 1.